The Kier molecular flexibility index (Phi) is 4.32. The number of para-hydroxylation sites is 2. The summed E-state index contributed by atoms with van der Waals surface area (Å²) in [5.41, 5.74) is 6.88. The molecule has 2 N–H and O–H groups in total. The lowest BCUT2D eigenvalue weighted by atomic mass is 10.1. The minimum Gasteiger partial charge on any atom is -0.358 e. The molecular weight excluding hydrogens is 374 g/mol. The molecule has 0 unspecified atom stereocenters. The largest absolute Gasteiger partial charge is 0.358 e. The summed E-state index contributed by atoms with van der Waals surface area (Å²) in [4.78, 5) is 24.9. The van der Waals surface area contributed by atoms with E-state index in [1.54, 1.807) is 12.5 Å². The van der Waals surface area contributed by atoms with E-state index in [1.807, 2.05) is 66.1 Å². The summed E-state index contributed by atoms with van der Waals surface area (Å²) in [6.45, 7) is 4.52. The molecule has 1 amide bonds. The Labute approximate surface area is 173 Å². The number of H-pyrrole nitrogens is 1. The van der Waals surface area contributed by atoms with Gasteiger partial charge in [-0.2, -0.15) is 0 Å². The topological polar surface area (TPSA) is 75.6 Å². The highest BCUT2D eigenvalue weighted by atomic mass is 16.1. The maximum atomic E-state index is 12.6. The lowest BCUT2D eigenvalue weighted by molar-refractivity contribution is 0.0951. The number of pyridine rings is 1. The highest BCUT2D eigenvalue weighted by molar-refractivity contribution is 5.99. The molecule has 5 rings (SSSR count). The third kappa shape index (κ3) is 3.12. The van der Waals surface area contributed by atoms with Crippen LogP contribution in [0.2, 0.25) is 0 Å². The van der Waals surface area contributed by atoms with Crippen LogP contribution in [-0.2, 0) is 6.54 Å². The molecule has 0 atom stereocenters. The number of amides is 1. The van der Waals surface area contributed by atoms with Crippen LogP contribution in [0.1, 0.15) is 27.2 Å². The number of carbonyl (C=O) groups is 1. The van der Waals surface area contributed by atoms with Crippen LogP contribution in [0.4, 0.5) is 0 Å². The average molecular weight is 395 g/mol. The van der Waals surface area contributed by atoms with Gasteiger partial charge in [0.25, 0.3) is 5.91 Å². The highest BCUT2D eigenvalue weighted by Gasteiger charge is 2.10. The van der Waals surface area contributed by atoms with Crippen molar-refractivity contribution in [3.8, 4) is 5.82 Å². The molecular formula is C24H21N5O. The summed E-state index contributed by atoms with van der Waals surface area (Å²) in [5, 5.41) is 4.06. The van der Waals surface area contributed by atoms with Crippen molar-refractivity contribution in [2.75, 3.05) is 0 Å². The smallest absolute Gasteiger partial charge is 0.251 e. The van der Waals surface area contributed by atoms with Crippen LogP contribution in [0.15, 0.2) is 67.1 Å². The van der Waals surface area contributed by atoms with Gasteiger partial charge < -0.3 is 10.3 Å². The second-order valence-corrected chi connectivity index (χ2v) is 7.45. The lowest BCUT2D eigenvalue weighted by Gasteiger charge is -2.07. The van der Waals surface area contributed by atoms with Gasteiger partial charge >= 0.3 is 0 Å². The van der Waals surface area contributed by atoms with Gasteiger partial charge in [-0.25, -0.2) is 9.97 Å². The summed E-state index contributed by atoms with van der Waals surface area (Å²) in [7, 11) is 0. The minimum absolute atomic E-state index is 0.0974. The van der Waals surface area contributed by atoms with Crippen LogP contribution in [0.5, 0.6) is 0 Å². The SMILES string of the molecule is Cc1[nH]c2ccc(C(=O)NCc3ccc(-n4cnc5ccccc54)nc3)cc2c1C. The minimum atomic E-state index is -0.0974. The maximum absolute atomic E-state index is 12.6. The van der Waals surface area contributed by atoms with Crippen molar-refractivity contribution in [2.45, 2.75) is 20.4 Å². The number of imidazole rings is 1. The number of aryl methyl sites for hydroxylation is 2. The standard InChI is InChI=1S/C24H21N5O/c1-15-16(2)28-20-9-8-18(11-19(15)20)24(30)26-13-17-7-10-23(25-12-17)29-14-27-21-5-3-4-6-22(21)29/h3-12,14,28H,13H2,1-2H3,(H,26,30). The van der Waals surface area contributed by atoms with E-state index in [0.29, 0.717) is 12.1 Å². The first-order valence-electron chi connectivity index (χ1n) is 9.84. The summed E-state index contributed by atoms with van der Waals surface area (Å²) in [5.74, 6) is 0.697. The van der Waals surface area contributed by atoms with Gasteiger partial charge in [0.05, 0.1) is 11.0 Å². The molecule has 0 aliphatic heterocycles. The van der Waals surface area contributed by atoms with E-state index in [9.17, 15) is 4.79 Å². The fraction of sp³-hybridized carbons (Fsp3) is 0.125. The van der Waals surface area contributed by atoms with E-state index in [4.69, 9.17) is 0 Å². The molecule has 0 saturated carbocycles. The molecule has 30 heavy (non-hydrogen) atoms. The number of fused-ring (bicyclic) bond motifs is 2. The fourth-order valence-corrected chi connectivity index (χ4v) is 3.69. The molecule has 0 aliphatic carbocycles. The molecule has 3 heterocycles. The summed E-state index contributed by atoms with van der Waals surface area (Å²) in [6.07, 6.45) is 3.56. The van der Waals surface area contributed by atoms with Gasteiger partial charge in [0.15, 0.2) is 0 Å². The molecule has 5 aromatic rings. The van der Waals surface area contributed by atoms with Gasteiger partial charge in [-0.05, 0) is 61.4 Å². The zero-order valence-electron chi connectivity index (χ0n) is 16.8. The van der Waals surface area contributed by atoms with Crippen molar-refractivity contribution in [3.05, 3.63) is 89.5 Å². The number of aromatic nitrogens is 4. The second kappa shape index (κ2) is 7.15. The predicted octanol–water partition coefficient (Wildman–Crippen LogP) is 4.45. The number of rotatable bonds is 4. The zero-order chi connectivity index (χ0) is 20.7. The number of nitrogens with one attached hydrogen (secondary N) is 2. The van der Waals surface area contributed by atoms with Gasteiger partial charge in [-0.15, -0.1) is 0 Å². The van der Waals surface area contributed by atoms with Crippen LogP contribution >= 0.6 is 0 Å². The Bertz CT molecular complexity index is 1380. The summed E-state index contributed by atoms with van der Waals surface area (Å²) >= 11 is 0. The van der Waals surface area contributed by atoms with Crippen molar-refractivity contribution in [1.29, 1.82) is 0 Å². The van der Waals surface area contributed by atoms with Crippen molar-refractivity contribution in [2.24, 2.45) is 0 Å². The molecule has 3 aromatic heterocycles. The second-order valence-electron chi connectivity index (χ2n) is 7.45. The van der Waals surface area contributed by atoms with Crippen LogP contribution in [0.25, 0.3) is 27.8 Å². The van der Waals surface area contributed by atoms with Crippen molar-refractivity contribution < 1.29 is 4.79 Å². The van der Waals surface area contributed by atoms with Gasteiger partial charge in [0, 0.05) is 34.9 Å². The van der Waals surface area contributed by atoms with Gasteiger partial charge in [0.1, 0.15) is 12.1 Å². The fourth-order valence-electron chi connectivity index (χ4n) is 3.69. The molecule has 6 heteroatoms. The lowest BCUT2D eigenvalue weighted by Crippen LogP contribution is -2.22. The average Bonchev–Trinajstić information content (AvgIpc) is 3.33. The molecule has 0 bridgehead atoms. The summed E-state index contributed by atoms with van der Waals surface area (Å²) in [6, 6.07) is 17.6. The number of nitrogens with zero attached hydrogens (tertiary/aromatic N) is 3. The normalized spacial score (nSPS) is 11.3. The van der Waals surface area contributed by atoms with Crippen LogP contribution in [-0.4, -0.2) is 25.4 Å². The monoisotopic (exact) mass is 395 g/mol. The van der Waals surface area contributed by atoms with E-state index in [-0.39, 0.29) is 5.91 Å². The van der Waals surface area contributed by atoms with Crippen LogP contribution < -0.4 is 5.32 Å². The first kappa shape index (κ1) is 18.1. The number of hydrogen-bond donors (Lipinski definition) is 2. The Morgan fingerprint density at radius 3 is 2.77 bits per heavy atom. The summed E-state index contributed by atoms with van der Waals surface area (Å²) < 4.78 is 1.95. The maximum Gasteiger partial charge on any atom is 0.251 e. The molecule has 0 aliphatic rings. The highest BCUT2D eigenvalue weighted by Crippen LogP contribution is 2.22. The zero-order valence-corrected chi connectivity index (χ0v) is 16.8. The molecule has 0 spiro atoms. The third-order valence-corrected chi connectivity index (χ3v) is 5.53. The van der Waals surface area contributed by atoms with E-state index >= 15 is 0 Å². The van der Waals surface area contributed by atoms with E-state index in [1.165, 1.54) is 5.56 Å². The van der Waals surface area contributed by atoms with Crippen LogP contribution in [0, 0.1) is 13.8 Å². The molecule has 6 nitrogen and oxygen atoms in total. The Balaban J connectivity index is 1.31. The predicted molar refractivity (Wildman–Crippen MR) is 118 cm³/mol. The number of benzene rings is 2. The van der Waals surface area contributed by atoms with E-state index < -0.39 is 0 Å². The number of aromatic amines is 1. The van der Waals surface area contributed by atoms with Crippen molar-refractivity contribution in [3.63, 3.8) is 0 Å². The Hall–Kier alpha value is -3.93. The molecule has 2 aromatic carbocycles. The molecule has 0 saturated heterocycles. The van der Waals surface area contributed by atoms with Gasteiger partial charge in [0.2, 0.25) is 0 Å². The van der Waals surface area contributed by atoms with Gasteiger partial charge in [-0.3, -0.25) is 9.36 Å². The first-order chi connectivity index (χ1) is 14.6. The van der Waals surface area contributed by atoms with Crippen LogP contribution in [0.3, 0.4) is 0 Å². The quantitative estimate of drug-likeness (QED) is 0.472. The van der Waals surface area contributed by atoms with E-state index in [0.717, 1.165) is 39.0 Å². The van der Waals surface area contributed by atoms with Crippen molar-refractivity contribution >= 4 is 27.8 Å². The first-order valence-corrected chi connectivity index (χ1v) is 9.84. The number of carbonyl (C=O) groups excluding carboxylic acids is 1. The molecule has 0 radical (unpaired) electrons. The van der Waals surface area contributed by atoms with E-state index in [2.05, 4.69) is 27.2 Å². The number of hydrogen-bond acceptors (Lipinski definition) is 3. The Morgan fingerprint density at radius 2 is 1.93 bits per heavy atom. The van der Waals surface area contributed by atoms with Crippen molar-refractivity contribution in [1.82, 2.24) is 24.8 Å². The molecule has 148 valence electrons. The molecule has 0 fully saturated rings. The van der Waals surface area contributed by atoms with Gasteiger partial charge in [-0.1, -0.05) is 18.2 Å². The Morgan fingerprint density at radius 1 is 1.07 bits per heavy atom. The third-order valence-electron chi connectivity index (χ3n) is 5.53.